The second kappa shape index (κ2) is 11.1. The first-order valence-corrected chi connectivity index (χ1v) is 10.9. The minimum atomic E-state index is -3.19. The van der Waals surface area contributed by atoms with Crippen LogP contribution in [0.2, 0.25) is 0 Å². The number of nitrogens with zero attached hydrogens (tertiary/aromatic N) is 2. The van der Waals surface area contributed by atoms with E-state index in [4.69, 9.17) is 0 Å². The lowest BCUT2D eigenvalue weighted by molar-refractivity contribution is 0.332. The summed E-state index contributed by atoms with van der Waals surface area (Å²) in [4.78, 5) is 6.40. The molecule has 0 unspecified atom stereocenters. The van der Waals surface area contributed by atoms with Gasteiger partial charge in [0, 0.05) is 32.9 Å². The summed E-state index contributed by atoms with van der Waals surface area (Å²) in [7, 11) is 0.557. The lowest BCUT2D eigenvalue weighted by atomic mass is 10.1. The molecule has 0 heterocycles. The van der Waals surface area contributed by atoms with E-state index in [1.54, 1.807) is 7.05 Å². The Hall–Kier alpha value is -1.67. The highest BCUT2D eigenvalue weighted by Crippen LogP contribution is 2.14. The Kier molecular flexibility index (Phi) is 9.58. The molecule has 0 bridgehead atoms. The number of guanidine groups is 1. The number of hydrogen-bond donors (Lipinski definition) is 2. The van der Waals surface area contributed by atoms with Crippen molar-refractivity contribution in [2.24, 2.45) is 4.99 Å². The predicted molar refractivity (Wildman–Crippen MR) is 106 cm³/mol. The predicted octanol–water partition coefficient (Wildman–Crippen LogP) is 1.77. The van der Waals surface area contributed by atoms with Gasteiger partial charge in [0.05, 0.1) is 5.75 Å². The number of unbranched alkanes of at least 4 members (excludes halogenated alkanes) is 1. The standard InChI is InChI=1S/C18H31FN4O2S/c1-5-6-10-23(3)11-9-21-18(20-2)22-13-16-12-17(19)8-7-15(16)14-26(4,24)25/h7-8,12H,5-6,9-11,13-14H2,1-4H3,(H2,20,21,22). The number of likely N-dealkylation sites (N-methyl/N-ethyl adjacent to an activating group) is 1. The highest BCUT2D eigenvalue weighted by molar-refractivity contribution is 7.89. The molecule has 0 amide bonds. The van der Waals surface area contributed by atoms with Gasteiger partial charge in [-0.25, -0.2) is 12.8 Å². The molecule has 148 valence electrons. The van der Waals surface area contributed by atoms with Crippen LogP contribution in [-0.2, 0) is 22.1 Å². The van der Waals surface area contributed by atoms with Crippen LogP contribution in [0.5, 0.6) is 0 Å². The topological polar surface area (TPSA) is 73.8 Å². The third kappa shape index (κ3) is 9.15. The zero-order chi connectivity index (χ0) is 19.6. The fourth-order valence-corrected chi connectivity index (χ4v) is 3.33. The van der Waals surface area contributed by atoms with Crippen LogP contribution in [0, 0.1) is 5.82 Å². The molecule has 0 radical (unpaired) electrons. The monoisotopic (exact) mass is 386 g/mol. The van der Waals surface area contributed by atoms with E-state index >= 15 is 0 Å². The van der Waals surface area contributed by atoms with E-state index in [-0.39, 0.29) is 11.6 Å². The molecule has 0 aromatic heterocycles. The third-order valence-corrected chi connectivity index (χ3v) is 4.77. The molecule has 0 saturated carbocycles. The number of benzene rings is 1. The summed E-state index contributed by atoms with van der Waals surface area (Å²) in [6.07, 6.45) is 3.51. The number of sulfone groups is 1. The van der Waals surface area contributed by atoms with Crippen LogP contribution in [0.4, 0.5) is 4.39 Å². The van der Waals surface area contributed by atoms with Gasteiger partial charge in [-0.2, -0.15) is 0 Å². The maximum atomic E-state index is 13.6. The highest BCUT2D eigenvalue weighted by atomic mass is 32.2. The van der Waals surface area contributed by atoms with Crippen molar-refractivity contribution >= 4 is 15.8 Å². The van der Waals surface area contributed by atoms with E-state index in [9.17, 15) is 12.8 Å². The largest absolute Gasteiger partial charge is 0.355 e. The second-order valence-corrected chi connectivity index (χ2v) is 8.63. The summed E-state index contributed by atoms with van der Waals surface area (Å²) in [6.45, 7) is 5.15. The normalized spacial score (nSPS) is 12.5. The first kappa shape index (κ1) is 22.4. The van der Waals surface area contributed by atoms with Crippen molar-refractivity contribution in [2.45, 2.75) is 32.1 Å². The van der Waals surface area contributed by atoms with Crippen molar-refractivity contribution in [2.75, 3.05) is 40.0 Å². The van der Waals surface area contributed by atoms with Crippen molar-refractivity contribution in [3.05, 3.63) is 35.1 Å². The smallest absolute Gasteiger partial charge is 0.191 e. The molecule has 0 aliphatic carbocycles. The maximum absolute atomic E-state index is 13.6. The van der Waals surface area contributed by atoms with Crippen LogP contribution in [0.3, 0.4) is 0 Å². The number of aliphatic imine (C=N–C) groups is 1. The van der Waals surface area contributed by atoms with E-state index in [0.717, 1.165) is 19.6 Å². The Morgan fingerprint density at radius 2 is 1.96 bits per heavy atom. The van der Waals surface area contributed by atoms with E-state index in [1.807, 2.05) is 0 Å². The molecule has 0 aliphatic rings. The quantitative estimate of drug-likeness (QED) is 0.474. The molecular weight excluding hydrogens is 355 g/mol. The molecule has 0 aliphatic heterocycles. The lowest BCUT2D eigenvalue weighted by Crippen LogP contribution is -2.40. The van der Waals surface area contributed by atoms with E-state index in [2.05, 4.69) is 34.5 Å². The number of rotatable bonds is 10. The van der Waals surface area contributed by atoms with Gasteiger partial charge in [0.2, 0.25) is 0 Å². The van der Waals surface area contributed by atoms with Crippen LogP contribution >= 0.6 is 0 Å². The van der Waals surface area contributed by atoms with Crippen LogP contribution in [0.25, 0.3) is 0 Å². The summed E-state index contributed by atoms with van der Waals surface area (Å²) < 4.78 is 36.7. The van der Waals surface area contributed by atoms with E-state index < -0.39 is 9.84 Å². The van der Waals surface area contributed by atoms with Gasteiger partial charge in [0.25, 0.3) is 0 Å². The zero-order valence-electron chi connectivity index (χ0n) is 16.2. The molecule has 26 heavy (non-hydrogen) atoms. The van der Waals surface area contributed by atoms with Crippen molar-refractivity contribution < 1.29 is 12.8 Å². The summed E-state index contributed by atoms with van der Waals surface area (Å²) in [5.74, 6) is 0.0986. The fraction of sp³-hybridized carbons (Fsp3) is 0.611. The summed E-state index contributed by atoms with van der Waals surface area (Å²) in [5, 5.41) is 6.33. The molecule has 0 spiro atoms. The summed E-state index contributed by atoms with van der Waals surface area (Å²) in [5.41, 5.74) is 1.20. The minimum absolute atomic E-state index is 0.113. The molecule has 1 aromatic carbocycles. The van der Waals surface area contributed by atoms with E-state index in [0.29, 0.717) is 23.6 Å². The molecule has 0 saturated heterocycles. The van der Waals surface area contributed by atoms with Crippen molar-refractivity contribution in [1.82, 2.24) is 15.5 Å². The highest BCUT2D eigenvalue weighted by Gasteiger charge is 2.11. The van der Waals surface area contributed by atoms with Gasteiger partial charge in [-0.05, 0) is 43.3 Å². The Bertz CT molecular complexity index is 692. The Labute approximate surface area is 156 Å². The van der Waals surface area contributed by atoms with Crippen molar-refractivity contribution in [3.8, 4) is 0 Å². The Balaban J connectivity index is 2.59. The molecule has 0 fully saturated rings. The number of nitrogens with one attached hydrogen (secondary N) is 2. The van der Waals surface area contributed by atoms with Crippen molar-refractivity contribution in [3.63, 3.8) is 0 Å². The number of hydrogen-bond acceptors (Lipinski definition) is 4. The van der Waals surface area contributed by atoms with Gasteiger partial charge < -0.3 is 15.5 Å². The summed E-state index contributed by atoms with van der Waals surface area (Å²) in [6, 6.07) is 4.16. The van der Waals surface area contributed by atoms with Crippen LogP contribution in [-0.4, -0.2) is 59.3 Å². The fourth-order valence-electron chi connectivity index (χ4n) is 2.49. The lowest BCUT2D eigenvalue weighted by Gasteiger charge is -2.18. The van der Waals surface area contributed by atoms with Gasteiger partial charge in [0.15, 0.2) is 15.8 Å². The average molecular weight is 387 g/mol. The summed E-state index contributed by atoms with van der Waals surface area (Å²) >= 11 is 0. The third-order valence-electron chi connectivity index (χ3n) is 3.94. The first-order chi connectivity index (χ1) is 12.2. The Morgan fingerprint density at radius 3 is 2.58 bits per heavy atom. The molecule has 2 N–H and O–H groups in total. The van der Waals surface area contributed by atoms with Gasteiger partial charge in [-0.15, -0.1) is 0 Å². The molecular formula is C18H31FN4O2S. The molecule has 0 atom stereocenters. The van der Waals surface area contributed by atoms with Gasteiger partial charge in [-0.1, -0.05) is 19.4 Å². The maximum Gasteiger partial charge on any atom is 0.191 e. The van der Waals surface area contributed by atoms with Crippen LogP contribution in [0.1, 0.15) is 30.9 Å². The van der Waals surface area contributed by atoms with Crippen LogP contribution in [0.15, 0.2) is 23.2 Å². The second-order valence-electron chi connectivity index (χ2n) is 6.49. The van der Waals surface area contributed by atoms with Gasteiger partial charge in [0.1, 0.15) is 5.82 Å². The molecule has 1 aromatic rings. The molecule has 6 nitrogen and oxygen atoms in total. The number of halogens is 1. The van der Waals surface area contributed by atoms with Gasteiger partial charge in [-0.3, -0.25) is 4.99 Å². The van der Waals surface area contributed by atoms with Gasteiger partial charge >= 0.3 is 0 Å². The molecule has 8 heteroatoms. The molecule has 1 rings (SSSR count). The van der Waals surface area contributed by atoms with E-state index in [1.165, 1.54) is 37.3 Å². The minimum Gasteiger partial charge on any atom is -0.355 e. The van der Waals surface area contributed by atoms with Crippen molar-refractivity contribution in [1.29, 1.82) is 0 Å². The van der Waals surface area contributed by atoms with Crippen LogP contribution < -0.4 is 10.6 Å². The first-order valence-electron chi connectivity index (χ1n) is 8.83. The SMILES string of the molecule is CCCCN(C)CCNC(=NC)NCc1cc(F)ccc1CS(C)(=O)=O. The Morgan fingerprint density at radius 1 is 1.23 bits per heavy atom. The zero-order valence-corrected chi connectivity index (χ0v) is 17.0. The average Bonchev–Trinajstić information content (AvgIpc) is 2.57.